The number of aliphatic carboxylic acids is 2. The number of nitrogens with two attached hydrogens (primary N) is 3. The normalized spacial score (nSPS) is 15.2. The predicted molar refractivity (Wildman–Crippen MR) is 257 cm³/mol. The molecule has 10 atom stereocenters. The quantitative estimate of drug-likeness (QED) is 0.0205. The van der Waals surface area contributed by atoms with Crippen LogP contribution in [-0.4, -0.2) is 172 Å². The summed E-state index contributed by atoms with van der Waals surface area (Å²) in [5.74, 6) is -13.3. The highest BCUT2D eigenvalue weighted by molar-refractivity contribution is 7.80. The molecule has 10 amide bonds. The van der Waals surface area contributed by atoms with Crippen molar-refractivity contribution in [2.24, 2.45) is 23.1 Å². The van der Waals surface area contributed by atoms with Gasteiger partial charge < -0.3 is 80.4 Å². The van der Waals surface area contributed by atoms with Crippen LogP contribution in [0.1, 0.15) is 91.9 Å². The average molecular weight is 1040 g/mol. The number of thiol groups is 2. The van der Waals surface area contributed by atoms with E-state index in [1.807, 2.05) is 0 Å². The third-order valence-corrected chi connectivity index (χ3v) is 11.2. The predicted octanol–water partition coefficient (Wildman–Crippen LogP) is -5.63. The number of carboxylic acid groups (broad SMARTS) is 2. The van der Waals surface area contributed by atoms with E-state index in [2.05, 4.69) is 73.1 Å². The topological polar surface area (TPSA) is 452 Å². The van der Waals surface area contributed by atoms with Crippen molar-refractivity contribution in [2.45, 2.75) is 146 Å². The minimum atomic E-state index is -1.87. The lowest BCUT2D eigenvalue weighted by Gasteiger charge is -2.29. The molecule has 0 rings (SSSR count). The molecular formula is C41H72N12O15S2. The molecule has 0 aliphatic carbocycles. The number of unbranched alkanes of at least 4 members (excludes halogenated alkanes) is 2. The van der Waals surface area contributed by atoms with E-state index in [9.17, 15) is 72.9 Å². The second-order valence-electron chi connectivity index (χ2n) is 16.3. The largest absolute Gasteiger partial charge is 0.481 e. The summed E-state index contributed by atoms with van der Waals surface area (Å²) in [6.07, 6.45) is -1.95. The summed E-state index contributed by atoms with van der Waals surface area (Å²) >= 11 is 7.97. The summed E-state index contributed by atoms with van der Waals surface area (Å²) in [4.78, 5) is 154. The summed E-state index contributed by atoms with van der Waals surface area (Å²) in [6.45, 7) is 5.20. The smallest absolute Gasteiger partial charge is 0.305 e. The van der Waals surface area contributed by atoms with E-state index in [1.54, 1.807) is 13.8 Å². The van der Waals surface area contributed by atoms with E-state index in [1.165, 1.54) is 0 Å². The summed E-state index contributed by atoms with van der Waals surface area (Å²) in [7, 11) is 0. The van der Waals surface area contributed by atoms with Crippen LogP contribution in [0.2, 0.25) is 0 Å². The first kappa shape index (κ1) is 64.2. The molecule has 18 N–H and O–H groups in total. The molecule has 0 bridgehead atoms. The number of carbonyl (C=O) groups is 12. The molecule has 70 heavy (non-hydrogen) atoms. The zero-order valence-corrected chi connectivity index (χ0v) is 41.5. The number of hydrogen-bond donors (Lipinski definition) is 17. The van der Waals surface area contributed by atoms with E-state index in [0.717, 1.165) is 13.8 Å². The number of aliphatic hydroxyl groups is 1. The second kappa shape index (κ2) is 34.5. The number of nitrogens with one attached hydrogen (secondary N) is 9. The van der Waals surface area contributed by atoms with Crippen LogP contribution in [0.15, 0.2) is 0 Å². The molecular weight excluding hydrogens is 965 g/mol. The number of hydrogen-bond acceptors (Lipinski definition) is 17. The van der Waals surface area contributed by atoms with E-state index in [4.69, 9.17) is 17.2 Å². The highest BCUT2D eigenvalue weighted by Crippen LogP contribution is 2.12. The van der Waals surface area contributed by atoms with Crippen LogP contribution in [0.3, 0.4) is 0 Å². The van der Waals surface area contributed by atoms with Crippen molar-refractivity contribution in [2.75, 3.05) is 31.1 Å². The number of aliphatic hydroxyl groups excluding tert-OH is 1. The Morgan fingerprint density at radius 1 is 0.529 bits per heavy atom. The van der Waals surface area contributed by atoms with Crippen molar-refractivity contribution < 1.29 is 72.9 Å². The van der Waals surface area contributed by atoms with Gasteiger partial charge in [0.1, 0.15) is 48.3 Å². The molecule has 0 saturated heterocycles. The van der Waals surface area contributed by atoms with Gasteiger partial charge in [0.2, 0.25) is 59.1 Å². The molecule has 0 spiro atoms. The maximum atomic E-state index is 13.9. The van der Waals surface area contributed by atoms with Crippen molar-refractivity contribution in [1.82, 2.24) is 47.9 Å². The Balaban J connectivity index is 6.35. The van der Waals surface area contributed by atoms with Gasteiger partial charge in [-0.05, 0) is 70.9 Å². The van der Waals surface area contributed by atoms with Crippen molar-refractivity contribution in [1.29, 1.82) is 0 Å². The van der Waals surface area contributed by atoms with Gasteiger partial charge in [0, 0.05) is 24.9 Å². The first-order chi connectivity index (χ1) is 32.9. The number of amides is 10. The van der Waals surface area contributed by atoms with E-state index in [0.29, 0.717) is 25.7 Å². The first-order valence-corrected chi connectivity index (χ1v) is 23.8. The van der Waals surface area contributed by atoms with Crippen LogP contribution >= 0.6 is 25.3 Å². The molecule has 0 unspecified atom stereocenters. The van der Waals surface area contributed by atoms with Gasteiger partial charge in [0.15, 0.2) is 0 Å². The molecule has 0 aliphatic rings. The lowest BCUT2D eigenvalue weighted by molar-refractivity contribution is -0.142. The van der Waals surface area contributed by atoms with Crippen molar-refractivity contribution in [3.8, 4) is 0 Å². The van der Waals surface area contributed by atoms with Crippen LogP contribution in [0.5, 0.6) is 0 Å². The van der Waals surface area contributed by atoms with E-state index in [-0.39, 0.29) is 43.9 Å². The van der Waals surface area contributed by atoms with Gasteiger partial charge in [0.05, 0.1) is 19.1 Å². The fourth-order valence-corrected chi connectivity index (χ4v) is 6.84. The van der Waals surface area contributed by atoms with Crippen LogP contribution in [-0.2, 0) is 57.5 Å². The van der Waals surface area contributed by atoms with Gasteiger partial charge in [-0.25, -0.2) is 0 Å². The fourth-order valence-electron chi connectivity index (χ4n) is 6.31. The first-order valence-electron chi connectivity index (χ1n) is 22.6. The van der Waals surface area contributed by atoms with E-state index < -0.39 is 157 Å². The van der Waals surface area contributed by atoms with Crippen LogP contribution in [0.4, 0.5) is 0 Å². The second-order valence-corrected chi connectivity index (χ2v) is 17.0. The Kier molecular flexibility index (Phi) is 31.7. The van der Waals surface area contributed by atoms with Gasteiger partial charge in [-0.3, -0.25) is 57.5 Å². The zero-order chi connectivity index (χ0) is 53.7. The third-order valence-electron chi connectivity index (χ3n) is 10.5. The number of primary amides is 1. The van der Waals surface area contributed by atoms with Gasteiger partial charge in [-0.2, -0.15) is 25.3 Å². The van der Waals surface area contributed by atoms with Crippen molar-refractivity contribution >= 4 is 96.3 Å². The summed E-state index contributed by atoms with van der Waals surface area (Å²) in [6, 6.07) is -11.7. The Labute approximate surface area is 416 Å². The highest BCUT2D eigenvalue weighted by Gasteiger charge is 2.36. The number of rotatable bonds is 36. The van der Waals surface area contributed by atoms with Crippen LogP contribution in [0.25, 0.3) is 0 Å². The molecule has 0 heterocycles. The molecule has 0 aliphatic heterocycles. The monoisotopic (exact) mass is 1040 g/mol. The lowest BCUT2D eigenvalue weighted by atomic mass is 9.96. The SMILES string of the molecule is CC[C@H](C)[C@H](NC(=O)[C@H](CC(=O)O)NC(=O)[C@@H](NC(=O)[C@H](CS)NC(C)=O)[C@@H](C)O)C(=O)N[C@@H](CCCCN)C(=O)NCC(=O)N[C@@H](CCCCN)C(=O)N[C@@H](CCC(=O)O)C(=O)N[C@@H](CS)C(N)=O. The fraction of sp³-hybridized carbons (Fsp3) is 0.707. The number of carboxylic acids is 2. The van der Waals surface area contributed by atoms with E-state index >= 15 is 0 Å². The third kappa shape index (κ3) is 25.2. The summed E-state index contributed by atoms with van der Waals surface area (Å²) < 4.78 is 0. The van der Waals surface area contributed by atoms with Gasteiger partial charge in [0.25, 0.3) is 0 Å². The Morgan fingerprint density at radius 2 is 0.971 bits per heavy atom. The Morgan fingerprint density at radius 3 is 1.43 bits per heavy atom. The standard InChI is InChI=1S/C41H72N12O15S2/c1-5-20(2)32(52-38(65)26(16-31(59)60)50-41(68)33(21(3)54)53-39(66)28(19-70)46-22(4)55)40(67)49-23(10-6-8-14-42)35(62)45-17-29(56)47-24(11-7-9-15-43)36(63)48-25(12-13-30(57)58)37(64)51-27(18-69)34(44)61/h20-21,23-28,32-33,54,69-70H,5-19,42-43H2,1-4H3,(H2,44,61)(H,45,62)(H,46,55)(H,47,56)(H,48,63)(H,49,67)(H,50,68)(H,51,64)(H,52,65)(H,53,66)(H,57,58)(H,59,60)/t20-,21+,23-,24-,25-,26-,27-,28-,32-,33-/m0/s1. The molecule has 398 valence electrons. The maximum Gasteiger partial charge on any atom is 0.305 e. The van der Waals surface area contributed by atoms with Crippen molar-refractivity contribution in [3.05, 3.63) is 0 Å². The van der Waals surface area contributed by atoms with Crippen molar-refractivity contribution in [3.63, 3.8) is 0 Å². The molecule has 0 aromatic carbocycles. The highest BCUT2D eigenvalue weighted by atomic mass is 32.1. The Bertz CT molecular complexity index is 1810. The molecule has 0 saturated carbocycles. The maximum absolute atomic E-state index is 13.9. The average Bonchev–Trinajstić information content (AvgIpc) is 3.29. The van der Waals surface area contributed by atoms with Gasteiger partial charge in [-0.15, -0.1) is 0 Å². The summed E-state index contributed by atoms with van der Waals surface area (Å²) in [5.41, 5.74) is 16.5. The molecule has 27 nitrogen and oxygen atoms in total. The molecule has 0 aromatic rings. The van der Waals surface area contributed by atoms with Gasteiger partial charge >= 0.3 is 11.9 Å². The van der Waals surface area contributed by atoms with Crippen LogP contribution < -0.4 is 65.1 Å². The molecule has 29 heteroatoms. The molecule has 0 aromatic heterocycles. The minimum absolute atomic E-state index is 0.0114. The minimum Gasteiger partial charge on any atom is -0.481 e. The Hall–Kier alpha value is -5.78. The molecule has 0 radical (unpaired) electrons. The van der Waals surface area contributed by atoms with Crippen LogP contribution in [0, 0.1) is 5.92 Å². The molecule has 0 fully saturated rings. The lowest BCUT2D eigenvalue weighted by Crippen LogP contribution is -2.62. The zero-order valence-electron chi connectivity index (χ0n) is 39.7. The number of carbonyl (C=O) groups excluding carboxylic acids is 10. The van der Waals surface area contributed by atoms with Gasteiger partial charge in [-0.1, -0.05) is 20.3 Å². The summed E-state index contributed by atoms with van der Waals surface area (Å²) in [5, 5.41) is 50.4.